The van der Waals surface area contributed by atoms with Crippen LogP contribution in [-0.2, 0) is 6.42 Å². The fourth-order valence-electron chi connectivity index (χ4n) is 3.07. The van der Waals surface area contributed by atoms with E-state index < -0.39 is 0 Å². The number of hydrogen-bond donors (Lipinski definition) is 1. The number of hydrogen-bond acceptors (Lipinski definition) is 2. The topological polar surface area (TPSA) is 26.0 Å². The van der Waals surface area contributed by atoms with Gasteiger partial charge in [-0.2, -0.15) is 0 Å². The molecule has 2 unspecified atom stereocenters. The summed E-state index contributed by atoms with van der Waals surface area (Å²) in [5.41, 5.74) is 10.7. The van der Waals surface area contributed by atoms with Crippen molar-refractivity contribution in [3.05, 3.63) is 57.3 Å². The second-order valence-electron chi connectivity index (χ2n) is 5.18. The van der Waals surface area contributed by atoms with Crippen molar-refractivity contribution in [2.75, 3.05) is 0 Å². The number of fused-ring (bicyclic) bond motifs is 1. The zero-order valence-electron chi connectivity index (χ0n) is 10.7. The monoisotopic (exact) mass is 257 g/mol. The molecule has 0 aliphatic heterocycles. The van der Waals surface area contributed by atoms with E-state index in [1.807, 2.05) is 11.3 Å². The molecule has 1 nitrogen and oxygen atoms in total. The van der Waals surface area contributed by atoms with Gasteiger partial charge in [-0.3, -0.25) is 0 Å². The van der Waals surface area contributed by atoms with Crippen LogP contribution in [0.3, 0.4) is 0 Å². The zero-order valence-corrected chi connectivity index (χ0v) is 11.5. The molecule has 1 aromatic carbocycles. The Morgan fingerprint density at radius 2 is 2.11 bits per heavy atom. The molecule has 3 rings (SSSR count). The number of aryl methyl sites for hydroxylation is 2. The van der Waals surface area contributed by atoms with Crippen LogP contribution < -0.4 is 5.73 Å². The molecule has 1 aliphatic rings. The molecule has 0 saturated carbocycles. The van der Waals surface area contributed by atoms with Crippen LogP contribution >= 0.6 is 11.3 Å². The van der Waals surface area contributed by atoms with Crippen LogP contribution in [0.4, 0.5) is 0 Å². The summed E-state index contributed by atoms with van der Waals surface area (Å²) >= 11 is 1.89. The van der Waals surface area contributed by atoms with Gasteiger partial charge in [-0.25, -0.2) is 0 Å². The van der Waals surface area contributed by atoms with Gasteiger partial charge in [0, 0.05) is 16.8 Å². The number of benzene rings is 1. The molecule has 1 aromatic heterocycles. The highest BCUT2D eigenvalue weighted by Gasteiger charge is 2.27. The Balaban J connectivity index is 1.95. The van der Waals surface area contributed by atoms with Crippen molar-refractivity contribution < 1.29 is 0 Å². The van der Waals surface area contributed by atoms with Gasteiger partial charge in [-0.15, -0.1) is 11.3 Å². The molecular weight excluding hydrogens is 238 g/mol. The lowest BCUT2D eigenvalue weighted by molar-refractivity contribution is 0.477. The molecule has 0 saturated heterocycles. The van der Waals surface area contributed by atoms with E-state index in [0.717, 1.165) is 0 Å². The molecule has 94 valence electrons. The fourth-order valence-corrected chi connectivity index (χ4v) is 4.07. The van der Waals surface area contributed by atoms with Gasteiger partial charge in [0.1, 0.15) is 0 Å². The summed E-state index contributed by atoms with van der Waals surface area (Å²) in [6.45, 7) is 2.16. The first kappa shape index (κ1) is 11.9. The van der Waals surface area contributed by atoms with Gasteiger partial charge in [0.25, 0.3) is 0 Å². The van der Waals surface area contributed by atoms with Gasteiger partial charge in [-0.1, -0.05) is 24.3 Å². The Bertz CT molecular complexity index is 544. The van der Waals surface area contributed by atoms with Gasteiger partial charge < -0.3 is 5.73 Å². The largest absolute Gasteiger partial charge is 0.323 e. The molecule has 0 bridgehead atoms. The third-order valence-electron chi connectivity index (χ3n) is 4.08. The molecule has 2 heteroatoms. The minimum atomic E-state index is 0.139. The maximum absolute atomic E-state index is 6.55. The summed E-state index contributed by atoms with van der Waals surface area (Å²) in [5.74, 6) is 0.501. The molecule has 1 heterocycles. The second-order valence-corrected chi connectivity index (χ2v) is 6.18. The van der Waals surface area contributed by atoms with Crippen LogP contribution in [0, 0.1) is 6.92 Å². The summed E-state index contributed by atoms with van der Waals surface area (Å²) < 4.78 is 0. The first-order valence-electron chi connectivity index (χ1n) is 6.65. The second kappa shape index (κ2) is 4.87. The predicted octanol–water partition coefficient (Wildman–Crippen LogP) is 4.18. The average molecular weight is 257 g/mol. The summed E-state index contributed by atoms with van der Waals surface area (Å²) in [5, 5.41) is 2.22. The van der Waals surface area contributed by atoms with E-state index in [4.69, 9.17) is 5.73 Å². The van der Waals surface area contributed by atoms with Gasteiger partial charge in [0.15, 0.2) is 0 Å². The van der Waals surface area contributed by atoms with E-state index in [9.17, 15) is 0 Å². The normalized spacial score (nSPS) is 20.4. The molecule has 0 amide bonds. The van der Waals surface area contributed by atoms with Crippen molar-refractivity contribution >= 4 is 11.3 Å². The molecule has 0 radical (unpaired) electrons. The van der Waals surface area contributed by atoms with Gasteiger partial charge in [-0.05, 0) is 54.3 Å². The molecule has 0 spiro atoms. The molecule has 2 aromatic rings. The lowest BCUT2D eigenvalue weighted by Gasteiger charge is -2.29. The van der Waals surface area contributed by atoms with E-state index in [2.05, 4.69) is 42.6 Å². The molecule has 0 fully saturated rings. The van der Waals surface area contributed by atoms with Gasteiger partial charge >= 0.3 is 0 Å². The van der Waals surface area contributed by atoms with Gasteiger partial charge in [0.05, 0.1) is 0 Å². The molecular formula is C16H19NS. The van der Waals surface area contributed by atoms with E-state index in [-0.39, 0.29) is 6.04 Å². The predicted molar refractivity (Wildman–Crippen MR) is 78.1 cm³/mol. The lowest BCUT2D eigenvalue weighted by Crippen LogP contribution is -2.23. The van der Waals surface area contributed by atoms with Crippen molar-refractivity contribution in [3.8, 4) is 0 Å². The third-order valence-corrected chi connectivity index (χ3v) is 5.08. The van der Waals surface area contributed by atoms with Crippen molar-refractivity contribution in [2.24, 2.45) is 5.73 Å². The average Bonchev–Trinajstić information content (AvgIpc) is 2.86. The van der Waals surface area contributed by atoms with Gasteiger partial charge in [0.2, 0.25) is 0 Å². The third kappa shape index (κ3) is 2.00. The molecule has 2 N–H and O–H groups in total. The molecule has 2 atom stereocenters. The van der Waals surface area contributed by atoms with E-state index in [1.54, 1.807) is 4.88 Å². The first-order valence-corrected chi connectivity index (χ1v) is 7.52. The van der Waals surface area contributed by atoms with Crippen LogP contribution in [-0.4, -0.2) is 0 Å². The SMILES string of the molecule is Cc1ccccc1C(N)C1CCCc2sccc21. The maximum atomic E-state index is 6.55. The zero-order chi connectivity index (χ0) is 12.5. The Hall–Kier alpha value is -1.12. The summed E-state index contributed by atoms with van der Waals surface area (Å²) in [6.07, 6.45) is 3.74. The van der Waals surface area contributed by atoms with Crippen LogP contribution in [0.5, 0.6) is 0 Å². The van der Waals surface area contributed by atoms with Crippen LogP contribution in [0.25, 0.3) is 0 Å². The lowest BCUT2D eigenvalue weighted by atomic mass is 9.79. The first-order chi connectivity index (χ1) is 8.77. The Morgan fingerprint density at radius 3 is 2.94 bits per heavy atom. The van der Waals surface area contributed by atoms with E-state index in [1.165, 1.54) is 36.0 Å². The van der Waals surface area contributed by atoms with Crippen molar-refractivity contribution in [3.63, 3.8) is 0 Å². The van der Waals surface area contributed by atoms with Crippen molar-refractivity contribution in [1.82, 2.24) is 0 Å². The highest BCUT2D eigenvalue weighted by molar-refractivity contribution is 7.10. The smallest absolute Gasteiger partial charge is 0.0367 e. The number of nitrogens with two attached hydrogens (primary N) is 1. The summed E-state index contributed by atoms with van der Waals surface area (Å²) in [7, 11) is 0. The van der Waals surface area contributed by atoms with E-state index in [0.29, 0.717) is 5.92 Å². The minimum Gasteiger partial charge on any atom is -0.323 e. The Morgan fingerprint density at radius 1 is 1.28 bits per heavy atom. The van der Waals surface area contributed by atoms with E-state index >= 15 is 0 Å². The number of rotatable bonds is 2. The van der Waals surface area contributed by atoms with Crippen molar-refractivity contribution in [2.45, 2.75) is 38.1 Å². The van der Waals surface area contributed by atoms with Crippen LogP contribution in [0.2, 0.25) is 0 Å². The van der Waals surface area contributed by atoms with Crippen LogP contribution in [0.1, 0.15) is 46.4 Å². The highest BCUT2D eigenvalue weighted by atomic mass is 32.1. The standard InChI is InChI=1S/C16H19NS/c1-11-5-2-3-6-12(11)16(17)14-7-4-8-15-13(14)9-10-18-15/h2-3,5-6,9-10,14,16H,4,7-8,17H2,1H3. The fraction of sp³-hybridized carbons (Fsp3) is 0.375. The maximum Gasteiger partial charge on any atom is 0.0367 e. The quantitative estimate of drug-likeness (QED) is 0.858. The molecule has 18 heavy (non-hydrogen) atoms. The summed E-state index contributed by atoms with van der Waals surface area (Å²) in [6, 6.07) is 10.9. The number of thiophene rings is 1. The van der Waals surface area contributed by atoms with Crippen molar-refractivity contribution in [1.29, 1.82) is 0 Å². The Kier molecular flexibility index (Phi) is 3.23. The highest BCUT2D eigenvalue weighted by Crippen LogP contribution is 2.41. The minimum absolute atomic E-state index is 0.139. The molecule has 1 aliphatic carbocycles. The summed E-state index contributed by atoms with van der Waals surface area (Å²) in [4.78, 5) is 1.55. The Labute approximate surface area is 113 Å². The van der Waals surface area contributed by atoms with Crippen LogP contribution in [0.15, 0.2) is 35.7 Å².